The van der Waals surface area contributed by atoms with Gasteiger partial charge in [-0.05, 0) is 37.3 Å². The average Bonchev–Trinajstić information content (AvgIpc) is 3.47. The maximum atomic E-state index is 13.1. The lowest BCUT2D eigenvalue weighted by molar-refractivity contribution is 0.461. The summed E-state index contributed by atoms with van der Waals surface area (Å²) < 4.78 is 24.6. The fourth-order valence-electron chi connectivity index (χ4n) is 2.92. The molecule has 0 aliphatic heterocycles. The molecule has 0 unspecified atom stereocenters. The van der Waals surface area contributed by atoms with Gasteiger partial charge in [0.25, 0.3) is 11.1 Å². The number of nitrogens with zero attached hydrogens (tertiary/aromatic N) is 4. The summed E-state index contributed by atoms with van der Waals surface area (Å²) in [7, 11) is 0. The van der Waals surface area contributed by atoms with Crippen LogP contribution >= 0.6 is 11.8 Å². The molecule has 1 N–H and O–H groups in total. The minimum Gasteiger partial charge on any atom is -0.419 e. The molecule has 3 aromatic heterocycles. The van der Waals surface area contributed by atoms with Gasteiger partial charge in [0.2, 0.25) is 11.8 Å². The van der Waals surface area contributed by atoms with Gasteiger partial charge in [-0.3, -0.25) is 0 Å². The number of aromatic nitrogens is 5. The Hall–Kier alpha value is -3.46. The van der Waals surface area contributed by atoms with Crippen molar-refractivity contribution in [3.05, 3.63) is 66.4 Å². The Morgan fingerprint density at radius 3 is 2.59 bits per heavy atom. The summed E-state index contributed by atoms with van der Waals surface area (Å²) in [4.78, 5) is 3.19. The first-order valence-electron chi connectivity index (χ1n) is 8.83. The van der Waals surface area contributed by atoms with Crippen molar-refractivity contribution < 1.29 is 13.2 Å². The number of H-pyrrole nitrogens is 1. The second kappa shape index (κ2) is 7.17. The van der Waals surface area contributed by atoms with Gasteiger partial charge in [0.1, 0.15) is 5.82 Å². The highest BCUT2D eigenvalue weighted by atomic mass is 32.2. The van der Waals surface area contributed by atoms with Crippen LogP contribution in [-0.4, -0.2) is 25.4 Å². The monoisotopic (exact) mass is 407 g/mol. The van der Waals surface area contributed by atoms with Gasteiger partial charge in [-0.25, -0.2) is 4.39 Å². The lowest BCUT2D eigenvalue weighted by atomic mass is 10.2. The molecular weight excluding hydrogens is 393 g/mol. The molecular formula is C20H14FN5O2S. The third-order valence-corrected chi connectivity index (χ3v) is 5.31. The summed E-state index contributed by atoms with van der Waals surface area (Å²) in [6.45, 7) is 1.90. The van der Waals surface area contributed by atoms with E-state index in [2.05, 4.69) is 25.4 Å². The van der Waals surface area contributed by atoms with E-state index in [0.717, 1.165) is 16.5 Å². The number of hydrogen-bond donors (Lipinski definition) is 1. The van der Waals surface area contributed by atoms with E-state index < -0.39 is 0 Å². The third kappa shape index (κ3) is 3.40. The number of rotatable bonds is 5. The number of fused-ring (bicyclic) bond motifs is 1. The number of benzene rings is 2. The van der Waals surface area contributed by atoms with E-state index in [-0.39, 0.29) is 11.1 Å². The first-order valence-corrected chi connectivity index (χ1v) is 9.71. The van der Waals surface area contributed by atoms with E-state index in [0.29, 0.717) is 28.5 Å². The molecule has 5 rings (SSSR count). The minimum absolute atomic E-state index is 0.201. The molecule has 144 valence electrons. The molecule has 0 spiro atoms. The van der Waals surface area contributed by atoms with Crippen molar-refractivity contribution in [2.45, 2.75) is 17.4 Å². The summed E-state index contributed by atoms with van der Waals surface area (Å²) in [5.74, 6) is 0.869. The van der Waals surface area contributed by atoms with Crippen LogP contribution in [0.15, 0.2) is 68.8 Å². The number of nitrogens with one attached hydrogen (secondary N) is 1. The van der Waals surface area contributed by atoms with Crippen molar-refractivity contribution in [2.24, 2.45) is 0 Å². The van der Waals surface area contributed by atoms with Crippen molar-refractivity contribution in [1.29, 1.82) is 0 Å². The quantitative estimate of drug-likeness (QED) is 0.397. The molecule has 0 saturated carbocycles. The Morgan fingerprint density at radius 1 is 0.931 bits per heavy atom. The van der Waals surface area contributed by atoms with E-state index in [1.54, 1.807) is 12.1 Å². The smallest absolute Gasteiger partial charge is 0.277 e. The van der Waals surface area contributed by atoms with Crippen molar-refractivity contribution in [2.75, 3.05) is 0 Å². The fraction of sp³-hybridized carbons (Fsp3) is 0.100. The molecule has 0 aliphatic carbocycles. The number of halogens is 1. The molecule has 0 radical (unpaired) electrons. The van der Waals surface area contributed by atoms with Gasteiger partial charge in [-0.1, -0.05) is 30.0 Å². The highest BCUT2D eigenvalue weighted by Gasteiger charge is 2.20. The number of hydrogen-bond acceptors (Lipinski definition) is 7. The molecule has 0 amide bonds. The Kier molecular flexibility index (Phi) is 4.36. The zero-order valence-electron chi connectivity index (χ0n) is 15.2. The topological polar surface area (TPSA) is 93.6 Å². The van der Waals surface area contributed by atoms with Gasteiger partial charge < -0.3 is 13.8 Å². The van der Waals surface area contributed by atoms with Crippen LogP contribution in [-0.2, 0) is 0 Å². The molecule has 7 nitrogen and oxygen atoms in total. The zero-order valence-corrected chi connectivity index (χ0v) is 16.0. The van der Waals surface area contributed by atoms with Gasteiger partial charge in [-0.15, -0.1) is 20.4 Å². The van der Waals surface area contributed by atoms with Crippen LogP contribution < -0.4 is 0 Å². The predicted octanol–water partition coefficient (Wildman–Crippen LogP) is 5.26. The van der Waals surface area contributed by atoms with Crippen LogP contribution in [0.2, 0.25) is 0 Å². The molecule has 9 heteroatoms. The minimum atomic E-state index is -0.320. The molecule has 29 heavy (non-hydrogen) atoms. The molecule has 0 aliphatic rings. The average molecular weight is 407 g/mol. The molecule has 0 bridgehead atoms. The van der Waals surface area contributed by atoms with Gasteiger partial charge >= 0.3 is 0 Å². The molecule has 3 heterocycles. The van der Waals surface area contributed by atoms with Crippen LogP contribution in [0, 0.1) is 5.82 Å². The lowest BCUT2D eigenvalue weighted by Crippen LogP contribution is -1.88. The molecule has 2 aromatic carbocycles. The molecule has 0 saturated heterocycles. The van der Waals surface area contributed by atoms with Gasteiger partial charge in [0, 0.05) is 22.7 Å². The summed E-state index contributed by atoms with van der Waals surface area (Å²) in [6.07, 6.45) is 1.85. The van der Waals surface area contributed by atoms with Crippen molar-refractivity contribution in [3.63, 3.8) is 0 Å². The van der Waals surface area contributed by atoms with Crippen molar-refractivity contribution in [3.8, 4) is 22.9 Å². The molecule has 1 atom stereocenters. The van der Waals surface area contributed by atoms with Gasteiger partial charge in [-0.2, -0.15) is 0 Å². The van der Waals surface area contributed by atoms with Crippen LogP contribution in [0.5, 0.6) is 0 Å². The van der Waals surface area contributed by atoms with Crippen molar-refractivity contribution >= 4 is 22.7 Å². The highest BCUT2D eigenvalue weighted by Crippen LogP contribution is 2.36. The Bertz CT molecular complexity index is 1280. The van der Waals surface area contributed by atoms with Crippen molar-refractivity contribution in [1.82, 2.24) is 25.4 Å². The summed E-state index contributed by atoms with van der Waals surface area (Å²) in [6, 6.07) is 13.8. The normalized spacial score (nSPS) is 12.5. The number of para-hydroxylation sites is 1. The Labute approximate surface area is 168 Å². The summed E-state index contributed by atoms with van der Waals surface area (Å²) in [5.41, 5.74) is 2.51. The van der Waals surface area contributed by atoms with Crippen LogP contribution in [0.3, 0.4) is 0 Å². The summed E-state index contributed by atoms with van der Waals surface area (Å²) >= 11 is 1.32. The Morgan fingerprint density at radius 2 is 1.72 bits per heavy atom. The molecule has 5 aromatic rings. The lowest BCUT2D eigenvalue weighted by Gasteiger charge is -2.01. The van der Waals surface area contributed by atoms with Crippen LogP contribution in [0.4, 0.5) is 4.39 Å². The van der Waals surface area contributed by atoms with E-state index in [1.165, 1.54) is 23.9 Å². The van der Waals surface area contributed by atoms with E-state index in [9.17, 15) is 4.39 Å². The number of thioether (sulfide) groups is 1. The largest absolute Gasteiger partial charge is 0.419 e. The van der Waals surface area contributed by atoms with Gasteiger partial charge in [0.05, 0.1) is 10.8 Å². The number of aromatic amines is 1. The maximum Gasteiger partial charge on any atom is 0.277 e. The first-order chi connectivity index (χ1) is 14.2. The standard InChI is InChI=1S/C20H14FN5O2S/c1-11(17-23-24-18(27-17)12-6-8-13(21)9-7-12)29-20-26-25-19(28-20)15-10-22-16-5-3-2-4-14(15)16/h2-11,22H,1H3/t11-/m0/s1. The third-order valence-electron chi connectivity index (χ3n) is 4.38. The highest BCUT2D eigenvalue weighted by molar-refractivity contribution is 7.99. The zero-order chi connectivity index (χ0) is 19.8. The first kappa shape index (κ1) is 17.6. The maximum absolute atomic E-state index is 13.1. The van der Waals surface area contributed by atoms with E-state index in [4.69, 9.17) is 8.83 Å². The second-order valence-corrected chi connectivity index (χ2v) is 7.63. The second-order valence-electron chi connectivity index (χ2n) is 6.33. The Balaban J connectivity index is 1.34. The van der Waals surface area contributed by atoms with Gasteiger partial charge in [0.15, 0.2) is 0 Å². The SMILES string of the molecule is C[C@H](Sc1nnc(-c2c[nH]c3ccccc23)o1)c1nnc(-c2ccc(F)cc2)o1. The summed E-state index contributed by atoms with van der Waals surface area (Å²) in [5, 5.41) is 17.6. The predicted molar refractivity (Wildman–Crippen MR) is 106 cm³/mol. The molecule has 0 fully saturated rings. The van der Waals surface area contributed by atoms with E-state index in [1.807, 2.05) is 37.4 Å². The van der Waals surface area contributed by atoms with Crippen LogP contribution in [0.1, 0.15) is 18.1 Å². The fourth-order valence-corrected chi connectivity index (χ4v) is 3.64. The van der Waals surface area contributed by atoms with Crippen LogP contribution in [0.25, 0.3) is 33.8 Å². The van der Waals surface area contributed by atoms with E-state index >= 15 is 0 Å².